The van der Waals surface area contributed by atoms with Gasteiger partial charge in [-0.25, -0.2) is 12.8 Å². The van der Waals surface area contributed by atoms with Gasteiger partial charge in [-0.1, -0.05) is 12.5 Å². The second kappa shape index (κ2) is 8.14. The summed E-state index contributed by atoms with van der Waals surface area (Å²) in [4.78, 5) is 16.1. The molecule has 144 valence electrons. The number of carbonyl (C=O) groups excluding carboxylic acids is 1. The summed E-state index contributed by atoms with van der Waals surface area (Å²) in [5.74, 6) is -1.32. The second-order valence-corrected chi connectivity index (χ2v) is 8.50. The predicted octanol–water partition coefficient (Wildman–Crippen LogP) is 2.89. The zero-order valence-electron chi connectivity index (χ0n) is 15.1. The first kappa shape index (κ1) is 19.4. The molecule has 0 spiro atoms. The molecular weight excluding hydrogens is 369 g/mol. The molecule has 1 atom stereocenters. The first-order valence-corrected chi connectivity index (χ1v) is 10.3. The maximum absolute atomic E-state index is 14.3. The van der Waals surface area contributed by atoms with Crippen LogP contribution in [0.2, 0.25) is 0 Å². The summed E-state index contributed by atoms with van der Waals surface area (Å²) in [5, 5.41) is 2.78. The number of nitrogens with one attached hydrogen (secondary N) is 1. The number of amides is 1. The number of piperidine rings is 1. The molecule has 2 heterocycles. The summed E-state index contributed by atoms with van der Waals surface area (Å²) in [6, 6.07) is 6.70. The summed E-state index contributed by atoms with van der Waals surface area (Å²) in [6.45, 7) is 2.54. The largest absolute Gasteiger partial charge is 0.345 e. The summed E-state index contributed by atoms with van der Waals surface area (Å²) >= 11 is 0. The van der Waals surface area contributed by atoms with Gasteiger partial charge in [-0.15, -0.1) is 0 Å². The lowest BCUT2D eigenvalue weighted by molar-refractivity contribution is 0.0939. The predicted molar refractivity (Wildman–Crippen MR) is 99.1 cm³/mol. The van der Waals surface area contributed by atoms with E-state index in [2.05, 4.69) is 10.3 Å². The Morgan fingerprint density at radius 3 is 2.63 bits per heavy atom. The number of hydrogen-bond donors (Lipinski definition) is 1. The van der Waals surface area contributed by atoms with Gasteiger partial charge in [0.05, 0.1) is 6.04 Å². The van der Waals surface area contributed by atoms with E-state index in [1.807, 2.05) is 6.07 Å². The van der Waals surface area contributed by atoms with Crippen LogP contribution in [0.3, 0.4) is 0 Å². The van der Waals surface area contributed by atoms with Crippen molar-refractivity contribution >= 4 is 15.9 Å². The Kier molecular flexibility index (Phi) is 5.86. The van der Waals surface area contributed by atoms with Crippen molar-refractivity contribution in [2.75, 3.05) is 13.1 Å². The van der Waals surface area contributed by atoms with Gasteiger partial charge in [-0.05, 0) is 49.6 Å². The van der Waals surface area contributed by atoms with Crippen molar-refractivity contribution in [3.8, 4) is 0 Å². The maximum Gasteiger partial charge on any atom is 0.251 e. The summed E-state index contributed by atoms with van der Waals surface area (Å²) in [6.07, 6.45) is 5.74. The van der Waals surface area contributed by atoms with Crippen molar-refractivity contribution in [3.63, 3.8) is 0 Å². The zero-order valence-corrected chi connectivity index (χ0v) is 15.9. The fourth-order valence-corrected chi connectivity index (χ4v) is 4.69. The monoisotopic (exact) mass is 391 g/mol. The first-order valence-electron chi connectivity index (χ1n) is 8.90. The summed E-state index contributed by atoms with van der Waals surface area (Å²) < 4.78 is 41.1. The van der Waals surface area contributed by atoms with E-state index in [1.165, 1.54) is 10.4 Å². The van der Waals surface area contributed by atoms with Gasteiger partial charge in [0.1, 0.15) is 10.7 Å². The lowest BCUT2D eigenvalue weighted by Gasteiger charge is -2.26. The van der Waals surface area contributed by atoms with Gasteiger partial charge in [0.25, 0.3) is 5.91 Å². The van der Waals surface area contributed by atoms with Gasteiger partial charge < -0.3 is 5.32 Å². The standard InChI is InChI=1S/C19H22FN3O3S/c1-14(16-6-5-9-21-13-16)22-19(24)15-7-8-17(20)18(12-15)27(25,26)23-10-3-2-4-11-23/h5-9,12-14H,2-4,10-11H2,1H3,(H,22,24). The van der Waals surface area contributed by atoms with Crippen LogP contribution in [0.4, 0.5) is 4.39 Å². The summed E-state index contributed by atoms with van der Waals surface area (Å²) in [5.41, 5.74) is 0.914. The van der Waals surface area contributed by atoms with Gasteiger partial charge in [-0.3, -0.25) is 9.78 Å². The lowest BCUT2D eigenvalue weighted by Crippen LogP contribution is -2.36. The Labute approximate surface area is 158 Å². The van der Waals surface area contributed by atoms with E-state index < -0.39 is 26.6 Å². The molecule has 1 amide bonds. The molecule has 3 rings (SSSR count). The van der Waals surface area contributed by atoms with Crippen molar-refractivity contribution in [2.24, 2.45) is 0 Å². The molecule has 0 aliphatic carbocycles. The molecular formula is C19H22FN3O3S. The molecule has 1 saturated heterocycles. The Morgan fingerprint density at radius 1 is 1.22 bits per heavy atom. The van der Waals surface area contributed by atoms with Crippen LogP contribution >= 0.6 is 0 Å². The number of sulfonamides is 1. The molecule has 1 aliphatic heterocycles. The van der Waals surface area contributed by atoms with Gasteiger partial charge in [0.2, 0.25) is 10.0 Å². The highest BCUT2D eigenvalue weighted by Crippen LogP contribution is 2.24. The van der Waals surface area contributed by atoms with Crippen LogP contribution < -0.4 is 5.32 Å². The third kappa shape index (κ3) is 4.33. The van der Waals surface area contributed by atoms with Crippen molar-refractivity contribution in [1.82, 2.24) is 14.6 Å². The van der Waals surface area contributed by atoms with E-state index in [1.54, 1.807) is 25.4 Å². The average molecular weight is 391 g/mol. The van der Waals surface area contributed by atoms with Crippen LogP contribution in [-0.4, -0.2) is 36.7 Å². The van der Waals surface area contributed by atoms with E-state index in [-0.39, 0.29) is 11.6 Å². The second-order valence-electron chi connectivity index (χ2n) is 6.59. The van der Waals surface area contributed by atoms with Gasteiger partial charge >= 0.3 is 0 Å². The highest BCUT2D eigenvalue weighted by Gasteiger charge is 2.29. The molecule has 8 heteroatoms. The molecule has 6 nitrogen and oxygen atoms in total. The Morgan fingerprint density at radius 2 is 1.96 bits per heavy atom. The Hall–Kier alpha value is -2.32. The normalized spacial score (nSPS) is 16.7. The highest BCUT2D eigenvalue weighted by molar-refractivity contribution is 7.89. The molecule has 1 fully saturated rings. The Bertz CT molecular complexity index is 913. The molecule has 27 heavy (non-hydrogen) atoms. The fourth-order valence-electron chi connectivity index (χ4n) is 3.08. The molecule has 1 aromatic heterocycles. The molecule has 0 saturated carbocycles. The van der Waals surface area contributed by atoms with Crippen molar-refractivity contribution in [1.29, 1.82) is 0 Å². The minimum atomic E-state index is -3.96. The number of pyridine rings is 1. The molecule has 1 N–H and O–H groups in total. The number of rotatable bonds is 5. The fraction of sp³-hybridized carbons (Fsp3) is 0.368. The molecule has 0 bridgehead atoms. The quantitative estimate of drug-likeness (QED) is 0.850. The number of carbonyl (C=O) groups is 1. The number of hydrogen-bond acceptors (Lipinski definition) is 4. The zero-order chi connectivity index (χ0) is 19.4. The number of benzene rings is 1. The average Bonchev–Trinajstić information content (AvgIpc) is 2.69. The SMILES string of the molecule is CC(NC(=O)c1ccc(F)c(S(=O)(=O)N2CCCCC2)c1)c1cccnc1. The van der Waals surface area contributed by atoms with Crippen LogP contribution in [0.5, 0.6) is 0 Å². The number of halogens is 1. The third-order valence-corrected chi connectivity index (χ3v) is 6.57. The smallest absolute Gasteiger partial charge is 0.251 e. The van der Waals surface area contributed by atoms with Gasteiger partial charge in [0, 0.05) is 31.0 Å². The van der Waals surface area contributed by atoms with Crippen molar-refractivity contribution in [2.45, 2.75) is 37.1 Å². The van der Waals surface area contributed by atoms with Crippen LogP contribution in [0.1, 0.15) is 48.1 Å². The summed E-state index contributed by atoms with van der Waals surface area (Å²) in [7, 11) is -3.96. The highest BCUT2D eigenvalue weighted by atomic mass is 32.2. The minimum Gasteiger partial charge on any atom is -0.345 e. The van der Waals surface area contributed by atoms with E-state index in [4.69, 9.17) is 0 Å². The van der Waals surface area contributed by atoms with E-state index in [0.717, 1.165) is 37.0 Å². The van der Waals surface area contributed by atoms with E-state index >= 15 is 0 Å². The van der Waals surface area contributed by atoms with E-state index in [9.17, 15) is 17.6 Å². The third-order valence-electron chi connectivity index (χ3n) is 4.66. The molecule has 0 radical (unpaired) electrons. The molecule has 2 aromatic rings. The number of nitrogens with zero attached hydrogens (tertiary/aromatic N) is 2. The minimum absolute atomic E-state index is 0.0997. The topological polar surface area (TPSA) is 79.4 Å². The molecule has 1 aliphatic rings. The Balaban J connectivity index is 1.83. The van der Waals surface area contributed by atoms with Crippen molar-refractivity contribution < 1.29 is 17.6 Å². The van der Waals surface area contributed by atoms with E-state index in [0.29, 0.717) is 13.1 Å². The van der Waals surface area contributed by atoms with Crippen LogP contribution in [0.25, 0.3) is 0 Å². The van der Waals surface area contributed by atoms with Crippen molar-refractivity contribution in [3.05, 3.63) is 59.7 Å². The number of aromatic nitrogens is 1. The van der Waals surface area contributed by atoms with Crippen LogP contribution in [0, 0.1) is 5.82 Å². The van der Waals surface area contributed by atoms with Crippen LogP contribution in [-0.2, 0) is 10.0 Å². The maximum atomic E-state index is 14.3. The van der Waals surface area contributed by atoms with Gasteiger partial charge in [-0.2, -0.15) is 4.31 Å². The van der Waals surface area contributed by atoms with Crippen LogP contribution in [0.15, 0.2) is 47.6 Å². The van der Waals surface area contributed by atoms with Gasteiger partial charge in [0.15, 0.2) is 0 Å². The molecule has 1 unspecified atom stereocenters. The lowest BCUT2D eigenvalue weighted by atomic mass is 10.1. The first-order chi connectivity index (χ1) is 12.9. The molecule has 1 aromatic carbocycles.